The van der Waals surface area contributed by atoms with Crippen LogP contribution in [-0.4, -0.2) is 19.6 Å². The Morgan fingerprint density at radius 3 is 1.90 bits per heavy atom. The van der Waals surface area contributed by atoms with E-state index in [9.17, 15) is 0 Å². The van der Waals surface area contributed by atoms with E-state index in [0.717, 1.165) is 0 Å². The van der Waals surface area contributed by atoms with Crippen LogP contribution in [-0.2, 0) is 4.79 Å². The molecule has 10 heavy (non-hydrogen) atoms. The fourth-order valence-electron chi connectivity index (χ4n) is 1.08. The van der Waals surface area contributed by atoms with Gasteiger partial charge in [0.2, 0.25) is 0 Å². The molecule has 1 saturated heterocycles. The molecule has 1 aliphatic heterocycles. The second-order valence-electron chi connectivity index (χ2n) is 2.38. The lowest BCUT2D eigenvalue weighted by Gasteiger charge is -1.88. The summed E-state index contributed by atoms with van der Waals surface area (Å²) in [6.07, 6.45) is 5.83. The number of carbonyl (C=O) groups excluding carboxylic acids is 1. The first-order valence-electron chi connectivity index (χ1n) is 3.79. The van der Waals surface area contributed by atoms with Crippen molar-refractivity contribution in [3.8, 4) is 0 Å². The van der Waals surface area contributed by atoms with Crippen molar-refractivity contribution in [3.63, 3.8) is 0 Å². The Morgan fingerprint density at radius 2 is 1.50 bits per heavy atom. The second kappa shape index (κ2) is 8.43. The van der Waals surface area contributed by atoms with Gasteiger partial charge in [-0.2, -0.15) is 0 Å². The lowest BCUT2D eigenvalue weighted by molar-refractivity contribution is -0.653. The summed E-state index contributed by atoms with van der Waals surface area (Å²) in [4.78, 5) is 8.25. The van der Waals surface area contributed by atoms with Crippen LogP contribution in [0.4, 0.5) is 0 Å². The molecule has 0 aromatic rings. The lowest BCUT2D eigenvalue weighted by Crippen LogP contribution is -2.83. The normalized spacial score (nSPS) is 18.0. The van der Waals surface area contributed by atoms with E-state index in [1.807, 2.05) is 0 Å². The standard InChI is InChI=1S/C6H13N.CH2O2/c1-2-4-6-7-5-3-1;2-1-3/h7H,1-6H2;1H,(H,2,3). The molecule has 0 aromatic carbocycles. The van der Waals surface area contributed by atoms with E-state index in [-0.39, 0.29) is 0 Å². The third-order valence-corrected chi connectivity index (χ3v) is 1.57. The van der Waals surface area contributed by atoms with Gasteiger partial charge in [-0.15, -0.1) is 0 Å². The Balaban J connectivity index is 0.000000236. The Hall–Kier alpha value is -0.570. The van der Waals surface area contributed by atoms with E-state index in [4.69, 9.17) is 9.90 Å². The summed E-state index contributed by atoms with van der Waals surface area (Å²) in [6.45, 7) is 2.25. The first-order valence-corrected chi connectivity index (χ1v) is 3.79. The third kappa shape index (κ3) is 7.43. The molecule has 3 nitrogen and oxygen atoms in total. The largest absolute Gasteiger partial charge is 0.554 e. The summed E-state index contributed by atoms with van der Waals surface area (Å²) < 4.78 is 0. The lowest BCUT2D eigenvalue weighted by atomic mass is 10.2. The highest BCUT2D eigenvalue weighted by Gasteiger charge is 1.97. The second-order valence-corrected chi connectivity index (χ2v) is 2.38. The molecule has 1 aliphatic rings. The van der Waals surface area contributed by atoms with Gasteiger partial charge in [-0.05, 0) is 25.7 Å². The molecule has 0 aromatic heterocycles. The van der Waals surface area contributed by atoms with E-state index in [0.29, 0.717) is 0 Å². The highest BCUT2D eigenvalue weighted by atomic mass is 16.3. The van der Waals surface area contributed by atoms with E-state index in [2.05, 4.69) is 5.32 Å². The Morgan fingerprint density at radius 1 is 1.10 bits per heavy atom. The fraction of sp³-hybridized carbons (Fsp3) is 0.857. The predicted molar refractivity (Wildman–Crippen MR) is 36.2 cm³/mol. The molecular weight excluding hydrogens is 130 g/mol. The summed E-state index contributed by atoms with van der Waals surface area (Å²) >= 11 is 0. The van der Waals surface area contributed by atoms with E-state index in [1.165, 1.54) is 38.8 Å². The maximum atomic E-state index is 8.25. The Labute approximate surface area is 61.4 Å². The van der Waals surface area contributed by atoms with E-state index < -0.39 is 6.47 Å². The van der Waals surface area contributed by atoms with Crippen molar-refractivity contribution in [2.24, 2.45) is 0 Å². The van der Waals surface area contributed by atoms with Crippen LogP contribution in [0, 0.1) is 0 Å². The fourth-order valence-corrected chi connectivity index (χ4v) is 1.08. The van der Waals surface area contributed by atoms with Crippen LogP contribution >= 0.6 is 0 Å². The molecule has 0 atom stereocenters. The van der Waals surface area contributed by atoms with Gasteiger partial charge in [0.05, 0.1) is 13.1 Å². The van der Waals surface area contributed by atoms with Crippen LogP contribution in [0.1, 0.15) is 25.7 Å². The van der Waals surface area contributed by atoms with Gasteiger partial charge < -0.3 is 15.2 Å². The summed E-state index contributed by atoms with van der Waals surface area (Å²) in [5.74, 6) is 0. The molecule has 60 valence electrons. The quantitative estimate of drug-likeness (QED) is 0.421. The zero-order valence-corrected chi connectivity index (χ0v) is 6.21. The molecule has 0 unspecified atom stereocenters. The molecule has 2 N–H and O–H groups in total. The van der Waals surface area contributed by atoms with Gasteiger partial charge in [-0.3, -0.25) is 0 Å². The zero-order valence-electron chi connectivity index (χ0n) is 6.21. The molecule has 1 rings (SSSR count). The van der Waals surface area contributed by atoms with Crippen molar-refractivity contribution >= 4 is 6.47 Å². The van der Waals surface area contributed by atoms with Crippen LogP contribution < -0.4 is 10.4 Å². The average molecular weight is 145 g/mol. The molecule has 0 spiro atoms. The number of rotatable bonds is 0. The molecular formula is C7H15NO2. The minimum Gasteiger partial charge on any atom is -0.554 e. The molecule has 0 radical (unpaired) electrons. The molecule has 0 bridgehead atoms. The van der Waals surface area contributed by atoms with Gasteiger partial charge in [0.25, 0.3) is 0 Å². The van der Waals surface area contributed by atoms with Crippen LogP contribution in [0.15, 0.2) is 0 Å². The highest BCUT2D eigenvalue weighted by molar-refractivity contribution is 5.29. The van der Waals surface area contributed by atoms with Crippen molar-refractivity contribution < 1.29 is 15.2 Å². The molecule has 1 heterocycles. The first kappa shape index (κ1) is 9.43. The molecule has 0 amide bonds. The van der Waals surface area contributed by atoms with Crippen molar-refractivity contribution in [3.05, 3.63) is 0 Å². The molecule has 0 aliphatic carbocycles. The smallest absolute Gasteiger partial charge is 0.0755 e. The topological polar surface area (TPSA) is 56.7 Å². The van der Waals surface area contributed by atoms with Crippen molar-refractivity contribution in [1.29, 1.82) is 0 Å². The molecule has 0 saturated carbocycles. The summed E-state index contributed by atoms with van der Waals surface area (Å²) in [5.41, 5.74) is 0. The third-order valence-electron chi connectivity index (χ3n) is 1.57. The van der Waals surface area contributed by atoms with Gasteiger partial charge in [0.1, 0.15) is 0 Å². The minimum atomic E-state index is -0.500. The highest BCUT2D eigenvalue weighted by Crippen LogP contribution is 1.97. The average Bonchev–Trinajstić information content (AvgIpc) is 2.17. The number of carbonyl (C=O) groups is 1. The van der Waals surface area contributed by atoms with Gasteiger partial charge in [-0.25, -0.2) is 0 Å². The monoisotopic (exact) mass is 145 g/mol. The Bertz CT molecular complexity index is 56.4. The first-order chi connectivity index (χ1) is 4.91. The van der Waals surface area contributed by atoms with Gasteiger partial charge in [0.15, 0.2) is 0 Å². The van der Waals surface area contributed by atoms with Crippen LogP contribution in [0.2, 0.25) is 0 Å². The van der Waals surface area contributed by atoms with E-state index in [1.54, 1.807) is 0 Å². The SMILES string of the molecule is C1CCC[NH2+]CC1.O=C[O-]. The number of nitrogens with two attached hydrogens (primary N) is 1. The minimum absolute atomic E-state index is 0.500. The molecule has 3 heteroatoms. The summed E-state index contributed by atoms with van der Waals surface area (Å²) in [5, 5.41) is 10.7. The van der Waals surface area contributed by atoms with Crippen LogP contribution in [0.5, 0.6) is 0 Å². The van der Waals surface area contributed by atoms with Crippen LogP contribution in [0.25, 0.3) is 0 Å². The predicted octanol–water partition coefficient (Wildman–Crippen LogP) is -1.51. The van der Waals surface area contributed by atoms with Crippen molar-refractivity contribution in [1.82, 2.24) is 0 Å². The van der Waals surface area contributed by atoms with Gasteiger partial charge >= 0.3 is 0 Å². The molecule has 1 fully saturated rings. The maximum Gasteiger partial charge on any atom is 0.0755 e. The number of quaternary nitrogens is 1. The summed E-state index contributed by atoms with van der Waals surface area (Å²) in [7, 11) is 0. The maximum absolute atomic E-state index is 8.25. The van der Waals surface area contributed by atoms with E-state index >= 15 is 0 Å². The number of carboxylic acid groups (broad SMARTS) is 1. The summed E-state index contributed by atoms with van der Waals surface area (Å²) in [6, 6.07) is 0. The van der Waals surface area contributed by atoms with Gasteiger partial charge in [0, 0.05) is 6.47 Å². The number of hydrogen-bond acceptors (Lipinski definition) is 2. The zero-order chi connectivity index (χ0) is 7.66. The van der Waals surface area contributed by atoms with Crippen molar-refractivity contribution in [2.45, 2.75) is 25.7 Å². The Kier molecular flexibility index (Phi) is 7.95. The number of hydrogen-bond donors (Lipinski definition) is 1. The van der Waals surface area contributed by atoms with Crippen molar-refractivity contribution in [2.75, 3.05) is 13.1 Å². The van der Waals surface area contributed by atoms with Gasteiger partial charge in [-0.1, -0.05) is 0 Å². The van der Waals surface area contributed by atoms with Crippen LogP contribution in [0.3, 0.4) is 0 Å².